The lowest BCUT2D eigenvalue weighted by atomic mass is 10.2. The van der Waals surface area contributed by atoms with Crippen LogP contribution in [0.4, 0.5) is 4.39 Å². The summed E-state index contributed by atoms with van der Waals surface area (Å²) >= 11 is 0. The van der Waals surface area contributed by atoms with Gasteiger partial charge in [0.2, 0.25) is 5.89 Å². The van der Waals surface area contributed by atoms with Gasteiger partial charge in [-0.2, -0.15) is 4.98 Å². The Kier molecular flexibility index (Phi) is 4.33. The third kappa shape index (κ3) is 3.21. The molecule has 7 nitrogen and oxygen atoms in total. The van der Waals surface area contributed by atoms with Crippen LogP contribution < -0.4 is 0 Å². The van der Waals surface area contributed by atoms with Crippen molar-refractivity contribution < 1.29 is 13.7 Å². The van der Waals surface area contributed by atoms with Gasteiger partial charge in [-0.05, 0) is 19.9 Å². The standard InChI is InChI=1S/C15H18FN5O2/c1-10(14-18-11(2)19-23-14)20-5-7-21(8-6-20)15(22)12-3-4-17-9-13(12)16/h3-4,9-10H,5-8H2,1-2H3. The van der Waals surface area contributed by atoms with Gasteiger partial charge in [0, 0.05) is 32.4 Å². The number of piperazine rings is 1. The number of aryl methyl sites for hydroxylation is 1. The summed E-state index contributed by atoms with van der Waals surface area (Å²) in [5.74, 6) is 0.289. The van der Waals surface area contributed by atoms with Crippen LogP contribution in [0.5, 0.6) is 0 Å². The Morgan fingerprint density at radius 1 is 1.35 bits per heavy atom. The fourth-order valence-corrected chi connectivity index (χ4v) is 2.67. The SMILES string of the molecule is Cc1noc(C(C)N2CCN(C(=O)c3ccncc3F)CC2)n1. The van der Waals surface area contributed by atoms with Gasteiger partial charge in [-0.15, -0.1) is 0 Å². The maximum Gasteiger partial charge on any atom is 0.257 e. The monoisotopic (exact) mass is 319 g/mol. The molecule has 2 aromatic rings. The van der Waals surface area contributed by atoms with Crippen molar-refractivity contribution >= 4 is 5.91 Å². The molecule has 2 aromatic heterocycles. The van der Waals surface area contributed by atoms with E-state index < -0.39 is 5.82 Å². The lowest BCUT2D eigenvalue weighted by Crippen LogP contribution is -2.49. The highest BCUT2D eigenvalue weighted by atomic mass is 19.1. The van der Waals surface area contributed by atoms with Crippen molar-refractivity contribution in [3.63, 3.8) is 0 Å². The van der Waals surface area contributed by atoms with Crippen LogP contribution in [-0.4, -0.2) is 57.0 Å². The van der Waals surface area contributed by atoms with Crippen LogP contribution in [0.25, 0.3) is 0 Å². The van der Waals surface area contributed by atoms with Crippen LogP contribution in [0.3, 0.4) is 0 Å². The normalized spacial score (nSPS) is 17.3. The second kappa shape index (κ2) is 6.41. The Hall–Kier alpha value is -2.35. The number of carbonyl (C=O) groups excluding carboxylic acids is 1. The minimum Gasteiger partial charge on any atom is -0.338 e. The van der Waals surface area contributed by atoms with Gasteiger partial charge in [-0.25, -0.2) is 4.39 Å². The van der Waals surface area contributed by atoms with Crippen LogP contribution >= 0.6 is 0 Å². The molecule has 0 N–H and O–H groups in total. The van der Waals surface area contributed by atoms with Crippen molar-refractivity contribution in [2.75, 3.05) is 26.2 Å². The van der Waals surface area contributed by atoms with Gasteiger partial charge < -0.3 is 9.42 Å². The van der Waals surface area contributed by atoms with E-state index in [4.69, 9.17) is 4.52 Å². The zero-order valence-corrected chi connectivity index (χ0v) is 13.1. The highest BCUT2D eigenvalue weighted by molar-refractivity contribution is 5.94. The molecule has 1 unspecified atom stereocenters. The van der Waals surface area contributed by atoms with E-state index in [-0.39, 0.29) is 17.5 Å². The highest BCUT2D eigenvalue weighted by Crippen LogP contribution is 2.21. The van der Waals surface area contributed by atoms with Gasteiger partial charge in [-0.3, -0.25) is 14.7 Å². The van der Waals surface area contributed by atoms with Gasteiger partial charge in [0.25, 0.3) is 5.91 Å². The first-order valence-corrected chi connectivity index (χ1v) is 7.49. The minimum atomic E-state index is -0.588. The summed E-state index contributed by atoms with van der Waals surface area (Å²) in [6.45, 7) is 6.16. The molecule has 0 radical (unpaired) electrons. The second-order valence-electron chi connectivity index (χ2n) is 5.54. The van der Waals surface area contributed by atoms with Gasteiger partial charge in [0.1, 0.15) is 0 Å². The molecule has 0 bridgehead atoms. The molecule has 1 aliphatic heterocycles. The van der Waals surface area contributed by atoms with Crippen molar-refractivity contribution in [3.05, 3.63) is 41.6 Å². The van der Waals surface area contributed by atoms with E-state index in [0.717, 1.165) is 6.20 Å². The zero-order valence-electron chi connectivity index (χ0n) is 13.1. The van der Waals surface area contributed by atoms with Crippen molar-refractivity contribution in [3.8, 4) is 0 Å². The number of pyridine rings is 1. The first-order chi connectivity index (χ1) is 11.1. The van der Waals surface area contributed by atoms with Crippen molar-refractivity contribution in [2.45, 2.75) is 19.9 Å². The molecule has 1 saturated heterocycles. The number of nitrogens with zero attached hydrogens (tertiary/aromatic N) is 5. The number of hydrogen-bond donors (Lipinski definition) is 0. The van der Waals surface area contributed by atoms with Gasteiger partial charge in [0.05, 0.1) is 17.8 Å². The molecule has 0 aromatic carbocycles. The van der Waals surface area contributed by atoms with Crippen molar-refractivity contribution in [2.24, 2.45) is 0 Å². The largest absolute Gasteiger partial charge is 0.338 e. The fraction of sp³-hybridized carbons (Fsp3) is 0.467. The van der Waals surface area contributed by atoms with Crippen LogP contribution in [0.1, 0.15) is 35.0 Å². The van der Waals surface area contributed by atoms with Gasteiger partial charge in [-0.1, -0.05) is 5.16 Å². The lowest BCUT2D eigenvalue weighted by molar-refractivity contribution is 0.0547. The van der Waals surface area contributed by atoms with Crippen LogP contribution in [0, 0.1) is 12.7 Å². The Bertz CT molecular complexity index is 697. The third-order valence-electron chi connectivity index (χ3n) is 4.05. The topological polar surface area (TPSA) is 75.4 Å². The van der Waals surface area contributed by atoms with Crippen LogP contribution in [-0.2, 0) is 0 Å². The summed E-state index contributed by atoms with van der Waals surface area (Å²) in [5.41, 5.74) is 0.0639. The number of hydrogen-bond acceptors (Lipinski definition) is 6. The number of rotatable bonds is 3. The molecule has 1 aliphatic rings. The molecule has 1 atom stereocenters. The number of halogens is 1. The molecular weight excluding hydrogens is 301 g/mol. The number of aromatic nitrogens is 3. The van der Waals surface area contributed by atoms with Crippen molar-refractivity contribution in [1.29, 1.82) is 0 Å². The van der Waals surface area contributed by atoms with E-state index in [1.54, 1.807) is 11.8 Å². The van der Waals surface area contributed by atoms with Gasteiger partial charge in [0.15, 0.2) is 11.6 Å². The Labute approximate surface area is 133 Å². The van der Waals surface area contributed by atoms with Crippen molar-refractivity contribution in [1.82, 2.24) is 24.9 Å². The lowest BCUT2D eigenvalue weighted by Gasteiger charge is -2.36. The molecular formula is C15H18FN5O2. The average molecular weight is 319 g/mol. The summed E-state index contributed by atoms with van der Waals surface area (Å²) in [5, 5.41) is 3.80. The molecule has 0 spiro atoms. The summed E-state index contributed by atoms with van der Waals surface area (Å²) in [7, 11) is 0. The highest BCUT2D eigenvalue weighted by Gasteiger charge is 2.28. The molecule has 122 valence electrons. The summed E-state index contributed by atoms with van der Waals surface area (Å²) in [4.78, 5) is 24.1. The smallest absolute Gasteiger partial charge is 0.257 e. The molecule has 3 rings (SSSR count). The summed E-state index contributed by atoms with van der Waals surface area (Å²) in [6.07, 6.45) is 2.48. The molecule has 0 saturated carbocycles. The second-order valence-corrected chi connectivity index (χ2v) is 5.54. The molecule has 1 fully saturated rings. The quantitative estimate of drug-likeness (QED) is 0.852. The predicted octanol–water partition coefficient (Wildman–Crippen LogP) is 1.43. The van der Waals surface area contributed by atoms with Gasteiger partial charge >= 0.3 is 0 Å². The Morgan fingerprint density at radius 3 is 2.70 bits per heavy atom. The first-order valence-electron chi connectivity index (χ1n) is 7.49. The Morgan fingerprint density at radius 2 is 2.09 bits per heavy atom. The number of carbonyl (C=O) groups is 1. The third-order valence-corrected chi connectivity index (χ3v) is 4.05. The molecule has 3 heterocycles. The molecule has 0 aliphatic carbocycles. The van der Waals surface area contributed by atoms with E-state index in [1.165, 1.54) is 12.3 Å². The van der Waals surface area contributed by atoms with E-state index in [0.29, 0.717) is 37.9 Å². The predicted molar refractivity (Wildman–Crippen MR) is 79.1 cm³/mol. The fourth-order valence-electron chi connectivity index (χ4n) is 2.67. The maximum absolute atomic E-state index is 13.7. The minimum absolute atomic E-state index is 0.00823. The first kappa shape index (κ1) is 15.5. The maximum atomic E-state index is 13.7. The van der Waals surface area contributed by atoms with E-state index in [1.807, 2.05) is 6.92 Å². The van der Waals surface area contributed by atoms with E-state index >= 15 is 0 Å². The van der Waals surface area contributed by atoms with Crippen LogP contribution in [0.2, 0.25) is 0 Å². The Balaban J connectivity index is 1.62. The average Bonchev–Trinajstić information content (AvgIpc) is 3.01. The van der Waals surface area contributed by atoms with E-state index in [9.17, 15) is 9.18 Å². The molecule has 23 heavy (non-hydrogen) atoms. The molecule has 8 heteroatoms. The number of amides is 1. The summed E-state index contributed by atoms with van der Waals surface area (Å²) < 4.78 is 18.9. The molecule has 1 amide bonds. The van der Waals surface area contributed by atoms with Crippen LogP contribution in [0.15, 0.2) is 23.0 Å². The zero-order chi connectivity index (χ0) is 16.4. The van der Waals surface area contributed by atoms with E-state index in [2.05, 4.69) is 20.0 Å². The summed E-state index contributed by atoms with van der Waals surface area (Å²) in [6, 6.07) is 1.40.